The van der Waals surface area contributed by atoms with Crippen molar-refractivity contribution < 1.29 is 43.2 Å². The molecule has 0 aliphatic heterocycles. The molecule has 92 valence electrons. The van der Waals surface area contributed by atoms with Gasteiger partial charge in [-0.15, -0.1) is 13.2 Å². The highest BCUT2D eigenvalue weighted by Crippen LogP contribution is 2.20. The van der Waals surface area contributed by atoms with Crippen LogP contribution < -0.4 is 4.89 Å². The Morgan fingerprint density at radius 2 is 1.47 bits per heavy atom. The Morgan fingerprint density at radius 1 is 1.00 bits per heavy atom. The Kier molecular flexibility index (Phi) is 5.12. The quantitative estimate of drug-likeness (QED) is 0.611. The van der Waals surface area contributed by atoms with Crippen molar-refractivity contribution in [1.29, 1.82) is 0 Å². The fourth-order valence-corrected chi connectivity index (χ4v) is 0.978. The van der Waals surface area contributed by atoms with Gasteiger partial charge in [0.2, 0.25) is 0 Å². The van der Waals surface area contributed by atoms with Crippen LogP contribution in [-0.2, 0) is 30.8 Å². The summed E-state index contributed by atoms with van der Waals surface area (Å²) >= 11 is -7.37. The summed E-state index contributed by atoms with van der Waals surface area (Å²) in [5.74, 6) is 0. The first-order valence-electron chi connectivity index (χ1n) is 2.62. The second kappa shape index (κ2) is 5.20. The van der Waals surface area contributed by atoms with Gasteiger partial charge in [0, 0.05) is 0 Å². The predicted molar refractivity (Wildman–Crippen MR) is 33.7 cm³/mol. The molecule has 0 radical (unpaired) electrons. The maximum atomic E-state index is 11.4. The lowest BCUT2D eigenvalue weighted by molar-refractivity contribution is -0.270. The average Bonchev–Trinajstić information content (AvgIpc) is 1.94. The molecule has 1 N–H and O–H groups in total. The minimum absolute atomic E-state index is 0.655. The van der Waals surface area contributed by atoms with E-state index in [1.807, 2.05) is 0 Å². The molecule has 0 spiro atoms. The summed E-state index contributed by atoms with van der Waals surface area (Å²) in [6.07, 6.45) is -5.33. The van der Waals surface area contributed by atoms with E-state index in [0.29, 0.717) is 4.89 Å². The van der Waals surface area contributed by atoms with Crippen LogP contribution >= 0.6 is 0 Å². The van der Waals surface area contributed by atoms with E-state index in [-0.39, 0.29) is 0 Å². The van der Waals surface area contributed by atoms with Crippen LogP contribution in [0.5, 0.6) is 0 Å². The van der Waals surface area contributed by atoms with Crippen LogP contribution in [-0.4, -0.2) is 20.3 Å². The highest BCUT2D eigenvalue weighted by atomic mass is 32.2. The maximum Gasteiger partial charge on any atom is 0.536 e. The Morgan fingerprint density at radius 3 is 1.80 bits per heavy atom. The van der Waals surface area contributed by atoms with Gasteiger partial charge in [-0.25, -0.2) is 8.42 Å². The van der Waals surface area contributed by atoms with Gasteiger partial charge in [-0.1, -0.05) is 4.89 Å². The summed E-state index contributed by atoms with van der Waals surface area (Å²) in [7, 11) is 0. The first-order chi connectivity index (χ1) is 6.52. The zero-order valence-electron chi connectivity index (χ0n) is 6.22. The van der Waals surface area contributed by atoms with E-state index >= 15 is 0 Å². The monoisotopic (exact) mass is 281 g/mol. The second-order valence-electron chi connectivity index (χ2n) is 1.61. The number of alkyl halides is 6. The van der Waals surface area contributed by atoms with Crippen molar-refractivity contribution in [2.45, 2.75) is 11.9 Å². The number of halogens is 6. The van der Waals surface area contributed by atoms with Crippen LogP contribution in [0.25, 0.3) is 0 Å². The topological polar surface area (TPSA) is 64.6 Å². The molecule has 0 bridgehead atoms. The summed E-state index contributed by atoms with van der Waals surface area (Å²) in [5.41, 5.74) is -5.31. The molecule has 0 heterocycles. The second-order valence-corrected chi connectivity index (χ2v) is 3.51. The van der Waals surface area contributed by atoms with Crippen molar-refractivity contribution in [2.75, 3.05) is 0 Å². The van der Waals surface area contributed by atoms with E-state index in [2.05, 4.69) is 8.47 Å². The van der Waals surface area contributed by atoms with Gasteiger partial charge in [0.15, 0.2) is 0 Å². The van der Waals surface area contributed by atoms with Crippen LogP contribution in [0.1, 0.15) is 0 Å². The molecule has 0 aliphatic rings. The smallest absolute Gasteiger partial charge is 0.218 e. The van der Waals surface area contributed by atoms with Crippen molar-refractivity contribution in [3.63, 3.8) is 0 Å². The summed E-state index contributed by atoms with van der Waals surface area (Å²) in [6.45, 7) is 0. The van der Waals surface area contributed by atoms with Crippen LogP contribution in [0.4, 0.5) is 26.3 Å². The van der Waals surface area contributed by atoms with Gasteiger partial charge in [-0.3, -0.25) is 0 Å². The predicted octanol–water partition coefficient (Wildman–Crippen LogP) is 0.806. The molecule has 0 saturated carbocycles. The Labute approximate surface area is 83.1 Å². The van der Waals surface area contributed by atoms with E-state index in [9.17, 15) is 34.8 Å². The molecule has 2 atom stereocenters. The molecule has 0 fully saturated rings. The molecular formula is C2HF6NO4S2. The van der Waals surface area contributed by atoms with Crippen molar-refractivity contribution in [3.8, 4) is 0 Å². The SMILES string of the molecule is O=S(NOS(=O)C(F)(F)F)OC(F)(F)F. The van der Waals surface area contributed by atoms with Crippen molar-refractivity contribution in [1.82, 2.24) is 4.89 Å². The number of hydrogen-bond acceptors (Lipinski definition) is 4. The molecule has 0 aromatic heterocycles. The molecule has 5 nitrogen and oxygen atoms in total. The zero-order chi connectivity index (χ0) is 12.3. The molecule has 13 heteroatoms. The Balaban J connectivity index is 3.98. The fraction of sp³-hybridized carbons (Fsp3) is 1.00. The summed E-state index contributed by atoms with van der Waals surface area (Å²) < 4.78 is 93.8. The highest BCUT2D eigenvalue weighted by molar-refractivity contribution is 7.82. The fourth-order valence-electron chi connectivity index (χ4n) is 0.209. The highest BCUT2D eigenvalue weighted by Gasteiger charge is 2.40. The van der Waals surface area contributed by atoms with E-state index in [1.165, 1.54) is 0 Å². The van der Waals surface area contributed by atoms with Gasteiger partial charge in [-0.05, 0) is 0 Å². The third kappa shape index (κ3) is 7.66. The third-order valence-electron chi connectivity index (χ3n) is 0.537. The van der Waals surface area contributed by atoms with Gasteiger partial charge >= 0.3 is 11.9 Å². The molecule has 0 aliphatic carbocycles. The summed E-state index contributed by atoms with van der Waals surface area (Å²) in [4.78, 5) is 0.655. The number of hydrogen-bond donors (Lipinski definition) is 1. The minimum atomic E-state index is -5.33. The largest absolute Gasteiger partial charge is 0.536 e. The van der Waals surface area contributed by atoms with Gasteiger partial charge in [0.05, 0.1) is 0 Å². The van der Waals surface area contributed by atoms with Crippen molar-refractivity contribution in [2.24, 2.45) is 0 Å². The van der Waals surface area contributed by atoms with Crippen LogP contribution in [0.2, 0.25) is 0 Å². The van der Waals surface area contributed by atoms with Gasteiger partial charge in [-0.2, -0.15) is 21.6 Å². The Bertz CT molecular complexity index is 261. The molecule has 0 aromatic carbocycles. The average molecular weight is 281 g/mol. The lowest BCUT2D eigenvalue weighted by Crippen LogP contribution is -2.30. The number of rotatable bonds is 4. The summed E-state index contributed by atoms with van der Waals surface area (Å²) in [5, 5.41) is 0. The van der Waals surface area contributed by atoms with Crippen molar-refractivity contribution in [3.05, 3.63) is 0 Å². The molecule has 0 rings (SSSR count). The standard InChI is InChI=1S/C2HF6NO4S2/c3-1(4,5)12-15(11)9-13-14(10)2(6,7)8/h9H. The van der Waals surface area contributed by atoms with E-state index < -0.39 is 34.2 Å². The van der Waals surface area contributed by atoms with E-state index in [0.717, 1.165) is 0 Å². The van der Waals surface area contributed by atoms with Crippen LogP contribution in [0.15, 0.2) is 0 Å². The Hall–Kier alpha value is -0.240. The van der Waals surface area contributed by atoms with Crippen LogP contribution in [0, 0.1) is 0 Å². The normalized spacial score (nSPS) is 17.5. The molecule has 0 amide bonds. The van der Waals surface area contributed by atoms with Crippen LogP contribution in [0.3, 0.4) is 0 Å². The lowest BCUT2D eigenvalue weighted by atomic mass is 11.4. The molecule has 15 heavy (non-hydrogen) atoms. The summed E-state index contributed by atoms with van der Waals surface area (Å²) in [6, 6.07) is 0. The van der Waals surface area contributed by atoms with Crippen molar-refractivity contribution >= 4 is 22.3 Å². The maximum absolute atomic E-state index is 11.4. The third-order valence-corrected chi connectivity index (χ3v) is 1.81. The first-order valence-corrected chi connectivity index (χ1v) is 4.77. The number of nitrogens with one attached hydrogen (secondary N) is 1. The molecular weight excluding hydrogens is 280 g/mol. The van der Waals surface area contributed by atoms with Gasteiger partial charge < -0.3 is 0 Å². The lowest BCUT2D eigenvalue weighted by Gasteiger charge is -2.07. The zero-order valence-corrected chi connectivity index (χ0v) is 7.85. The molecule has 0 aromatic rings. The minimum Gasteiger partial charge on any atom is -0.218 e. The van der Waals surface area contributed by atoms with Gasteiger partial charge in [0.1, 0.15) is 0 Å². The van der Waals surface area contributed by atoms with E-state index in [4.69, 9.17) is 0 Å². The van der Waals surface area contributed by atoms with Gasteiger partial charge in [0.25, 0.3) is 22.3 Å². The molecule has 2 unspecified atom stereocenters. The van der Waals surface area contributed by atoms with E-state index in [1.54, 1.807) is 0 Å². The molecule has 0 saturated heterocycles. The first kappa shape index (κ1) is 14.8.